The van der Waals surface area contributed by atoms with Crippen LogP contribution in [0.1, 0.15) is 62.0 Å². The van der Waals surface area contributed by atoms with Gasteiger partial charge in [0.2, 0.25) is 0 Å². The zero-order valence-corrected chi connectivity index (χ0v) is 21.6. The summed E-state index contributed by atoms with van der Waals surface area (Å²) in [6.07, 6.45) is 11.8. The van der Waals surface area contributed by atoms with Gasteiger partial charge in [0.15, 0.2) is 0 Å². The summed E-state index contributed by atoms with van der Waals surface area (Å²) >= 11 is 0. The molecule has 5 heteroatoms. The van der Waals surface area contributed by atoms with Crippen molar-refractivity contribution in [2.24, 2.45) is 11.3 Å². The minimum absolute atomic E-state index is 0.0712. The highest BCUT2D eigenvalue weighted by atomic mass is 16.5. The number of ether oxygens (including phenoxy) is 1. The largest absolute Gasteiger partial charge is 0.508 e. The molecule has 0 aromatic heterocycles. The second-order valence-corrected chi connectivity index (χ2v) is 10.5. The third-order valence-corrected chi connectivity index (χ3v) is 6.86. The first-order chi connectivity index (χ1) is 17.2. The van der Waals surface area contributed by atoms with Gasteiger partial charge in [-0.25, -0.2) is 0 Å². The van der Waals surface area contributed by atoms with Crippen LogP contribution in [0.4, 0.5) is 0 Å². The number of carbonyl (C=O) groups excluding carboxylic acids is 2. The number of likely N-dealkylation sites (N-methyl/N-ethyl adjacent to an activating group) is 1. The highest BCUT2D eigenvalue weighted by molar-refractivity contribution is 5.95. The summed E-state index contributed by atoms with van der Waals surface area (Å²) in [4.78, 5) is 27.6. The quantitative estimate of drug-likeness (QED) is 0.394. The van der Waals surface area contributed by atoms with E-state index in [-0.39, 0.29) is 17.6 Å². The topological polar surface area (TPSA) is 66.8 Å². The summed E-state index contributed by atoms with van der Waals surface area (Å²) in [7, 11) is 0. The van der Waals surface area contributed by atoms with Crippen molar-refractivity contribution in [2.75, 3.05) is 6.54 Å². The monoisotopic (exact) mass is 485 g/mol. The average molecular weight is 486 g/mol. The van der Waals surface area contributed by atoms with Crippen LogP contribution in [0, 0.1) is 11.3 Å². The summed E-state index contributed by atoms with van der Waals surface area (Å²) in [5, 5.41) is 9.63. The molecule has 188 valence electrons. The Morgan fingerprint density at radius 3 is 2.50 bits per heavy atom. The molecule has 1 amide bonds. The van der Waals surface area contributed by atoms with E-state index in [2.05, 4.69) is 12.1 Å². The van der Waals surface area contributed by atoms with Gasteiger partial charge >= 0.3 is 5.97 Å². The average Bonchev–Trinajstić information content (AvgIpc) is 3.10. The normalized spacial score (nSPS) is 17.4. The fourth-order valence-corrected chi connectivity index (χ4v) is 4.81. The van der Waals surface area contributed by atoms with E-state index in [0.717, 1.165) is 31.4 Å². The molecule has 1 atom stereocenters. The molecule has 0 heterocycles. The number of benzene rings is 2. The zero-order chi connectivity index (χ0) is 25.9. The fraction of sp³-hybridized carbons (Fsp3) is 0.355. The Balaban J connectivity index is 1.60. The number of phenolic OH excluding ortho intramolecular Hbond substituents is 1. The van der Waals surface area contributed by atoms with Crippen molar-refractivity contribution in [2.45, 2.75) is 53.4 Å². The first kappa shape index (κ1) is 25.5. The molecule has 2 aromatic carbocycles. The Hall–Kier alpha value is -3.60. The summed E-state index contributed by atoms with van der Waals surface area (Å²) in [6, 6.07) is 12.4. The van der Waals surface area contributed by atoms with Crippen LogP contribution >= 0.6 is 0 Å². The van der Waals surface area contributed by atoms with E-state index in [1.165, 1.54) is 16.7 Å². The Bertz CT molecular complexity index is 1230. The predicted molar refractivity (Wildman–Crippen MR) is 142 cm³/mol. The molecule has 0 fully saturated rings. The molecule has 1 unspecified atom stereocenters. The third-order valence-electron chi connectivity index (χ3n) is 6.86. The molecule has 0 saturated heterocycles. The minimum atomic E-state index is -0.548. The summed E-state index contributed by atoms with van der Waals surface area (Å²) in [5.74, 6) is 0.748. The van der Waals surface area contributed by atoms with E-state index < -0.39 is 5.41 Å². The van der Waals surface area contributed by atoms with E-state index in [0.29, 0.717) is 23.8 Å². The van der Waals surface area contributed by atoms with E-state index >= 15 is 0 Å². The lowest BCUT2D eigenvalue weighted by Gasteiger charge is -2.32. The van der Waals surface area contributed by atoms with Gasteiger partial charge in [-0.1, -0.05) is 24.3 Å². The number of rotatable bonds is 5. The molecule has 1 N–H and O–H groups in total. The second kappa shape index (κ2) is 10.6. The molecule has 2 aromatic rings. The third kappa shape index (κ3) is 5.62. The number of carbonyl (C=O) groups is 2. The van der Waals surface area contributed by atoms with Crippen molar-refractivity contribution >= 4 is 11.9 Å². The molecule has 0 radical (unpaired) electrons. The smallest absolute Gasteiger partial charge is 0.316 e. The molecular weight excluding hydrogens is 450 g/mol. The van der Waals surface area contributed by atoms with Crippen molar-refractivity contribution in [3.63, 3.8) is 0 Å². The van der Waals surface area contributed by atoms with Gasteiger partial charge < -0.3 is 14.7 Å². The molecular formula is C31H35NO4. The van der Waals surface area contributed by atoms with Crippen LogP contribution in [-0.2, 0) is 17.6 Å². The molecule has 36 heavy (non-hydrogen) atoms. The molecule has 0 saturated carbocycles. The van der Waals surface area contributed by atoms with Crippen LogP contribution in [0.15, 0.2) is 78.0 Å². The summed E-state index contributed by atoms with van der Waals surface area (Å²) < 4.78 is 5.62. The lowest BCUT2D eigenvalue weighted by molar-refractivity contribution is -0.143. The number of esters is 1. The maximum absolute atomic E-state index is 13.4. The SMILES string of the molecule is CCN(C(=O)c1ccc(O)cc1)C1=C(C2CCc3cc(OC(=O)C(C)(C)C)ccc3C2)CC=CC=C1. The van der Waals surface area contributed by atoms with Crippen molar-refractivity contribution in [1.29, 1.82) is 0 Å². The minimum Gasteiger partial charge on any atom is -0.508 e. The number of aryl methyl sites for hydroxylation is 1. The number of nitrogens with zero attached hydrogens (tertiary/aromatic N) is 1. The standard InChI is InChI=1S/C31H35NO4/c1-5-32(29(34)21-13-16-25(33)17-14-21)28-10-8-6-7-9-27(28)24-12-11-23-20-26(18-15-22(23)19-24)36-30(35)31(2,3)4/h6-8,10,13-18,20,24,33H,5,9,11-12,19H2,1-4H3. The number of hydrogen-bond acceptors (Lipinski definition) is 4. The lowest BCUT2D eigenvalue weighted by Crippen LogP contribution is -2.32. The maximum atomic E-state index is 13.4. The number of allylic oxidation sites excluding steroid dienone is 5. The summed E-state index contributed by atoms with van der Waals surface area (Å²) in [5.41, 5.74) is 4.72. The predicted octanol–water partition coefficient (Wildman–Crippen LogP) is 6.38. The fourth-order valence-electron chi connectivity index (χ4n) is 4.81. The van der Waals surface area contributed by atoms with Crippen LogP contribution in [-0.4, -0.2) is 28.4 Å². The second-order valence-electron chi connectivity index (χ2n) is 10.5. The number of hydrogen-bond donors (Lipinski definition) is 1. The van der Waals surface area contributed by atoms with Crippen molar-refractivity contribution in [3.8, 4) is 11.5 Å². The van der Waals surface area contributed by atoms with Gasteiger partial charge in [-0.05, 0) is 118 Å². The van der Waals surface area contributed by atoms with Gasteiger partial charge in [-0.15, -0.1) is 0 Å². The van der Waals surface area contributed by atoms with Crippen molar-refractivity contribution in [1.82, 2.24) is 4.90 Å². The molecule has 0 aliphatic heterocycles. The van der Waals surface area contributed by atoms with Gasteiger partial charge in [0.1, 0.15) is 11.5 Å². The van der Waals surface area contributed by atoms with E-state index in [1.54, 1.807) is 24.3 Å². The molecule has 0 bridgehead atoms. The van der Waals surface area contributed by atoms with E-state index in [1.807, 2.05) is 63.0 Å². The number of amides is 1. The molecule has 2 aliphatic rings. The first-order valence-electron chi connectivity index (χ1n) is 12.7. The Kier molecular flexibility index (Phi) is 7.48. The van der Waals surface area contributed by atoms with Crippen LogP contribution in [0.3, 0.4) is 0 Å². The maximum Gasteiger partial charge on any atom is 0.316 e. The highest BCUT2D eigenvalue weighted by Crippen LogP contribution is 2.37. The van der Waals surface area contributed by atoms with Gasteiger partial charge in [0.05, 0.1) is 5.41 Å². The number of aromatic hydroxyl groups is 1. The van der Waals surface area contributed by atoms with Gasteiger partial charge in [-0.2, -0.15) is 0 Å². The summed E-state index contributed by atoms with van der Waals surface area (Å²) in [6.45, 7) is 8.10. The van der Waals surface area contributed by atoms with Crippen LogP contribution < -0.4 is 4.74 Å². The Morgan fingerprint density at radius 2 is 1.81 bits per heavy atom. The number of phenols is 1. The van der Waals surface area contributed by atoms with Crippen molar-refractivity contribution < 1.29 is 19.4 Å². The molecule has 4 rings (SSSR count). The van der Waals surface area contributed by atoms with Gasteiger partial charge in [0, 0.05) is 17.8 Å². The molecule has 2 aliphatic carbocycles. The Labute approximate surface area is 213 Å². The molecule has 0 spiro atoms. The highest BCUT2D eigenvalue weighted by Gasteiger charge is 2.28. The van der Waals surface area contributed by atoms with Crippen LogP contribution in [0.25, 0.3) is 0 Å². The Morgan fingerprint density at radius 1 is 1.06 bits per heavy atom. The van der Waals surface area contributed by atoms with Gasteiger partial charge in [0.25, 0.3) is 5.91 Å². The van der Waals surface area contributed by atoms with Gasteiger partial charge in [-0.3, -0.25) is 9.59 Å². The van der Waals surface area contributed by atoms with Crippen LogP contribution in [0.5, 0.6) is 11.5 Å². The first-order valence-corrected chi connectivity index (χ1v) is 12.7. The zero-order valence-electron chi connectivity index (χ0n) is 21.6. The van der Waals surface area contributed by atoms with Crippen LogP contribution in [0.2, 0.25) is 0 Å². The molecule has 5 nitrogen and oxygen atoms in total. The van der Waals surface area contributed by atoms with E-state index in [9.17, 15) is 14.7 Å². The van der Waals surface area contributed by atoms with E-state index in [4.69, 9.17) is 4.74 Å². The van der Waals surface area contributed by atoms with Crippen molar-refractivity contribution in [3.05, 3.63) is 94.7 Å². The lowest BCUT2D eigenvalue weighted by atomic mass is 9.78. The number of fused-ring (bicyclic) bond motifs is 1.